The first-order valence-corrected chi connectivity index (χ1v) is 3.10. The van der Waals surface area contributed by atoms with E-state index < -0.39 is 6.10 Å². The zero-order valence-corrected chi connectivity index (χ0v) is 6.24. The Morgan fingerprint density at radius 2 is 2.45 bits per heavy atom. The number of hydrogen-bond donors (Lipinski definition) is 1. The normalized spacial score (nSPS) is 12.5. The second kappa shape index (κ2) is 3.09. The SMILES string of the molecule is CC(=O)OC(C)c1nn[nH]n1. The molecule has 1 atom stereocenters. The molecule has 1 rings (SSSR count). The molecule has 6 nitrogen and oxygen atoms in total. The van der Waals surface area contributed by atoms with Crippen molar-refractivity contribution in [3.8, 4) is 0 Å². The number of aromatic nitrogens is 4. The molecular formula is C5H8N4O2. The van der Waals surface area contributed by atoms with Gasteiger partial charge in [0, 0.05) is 6.92 Å². The van der Waals surface area contributed by atoms with E-state index in [1.165, 1.54) is 6.92 Å². The van der Waals surface area contributed by atoms with E-state index in [4.69, 9.17) is 4.74 Å². The molecule has 0 aliphatic heterocycles. The largest absolute Gasteiger partial charge is 0.454 e. The molecular weight excluding hydrogens is 148 g/mol. The summed E-state index contributed by atoms with van der Waals surface area (Å²) in [6, 6.07) is 0. The van der Waals surface area contributed by atoms with Crippen LogP contribution in [-0.2, 0) is 9.53 Å². The van der Waals surface area contributed by atoms with Crippen LogP contribution in [0.25, 0.3) is 0 Å². The number of hydrogen-bond acceptors (Lipinski definition) is 5. The van der Waals surface area contributed by atoms with Crippen LogP contribution in [0.15, 0.2) is 0 Å². The van der Waals surface area contributed by atoms with Crippen molar-refractivity contribution in [2.45, 2.75) is 20.0 Å². The highest BCUT2D eigenvalue weighted by atomic mass is 16.5. The third-order valence-corrected chi connectivity index (χ3v) is 1.07. The second-order valence-corrected chi connectivity index (χ2v) is 2.02. The molecule has 0 spiro atoms. The van der Waals surface area contributed by atoms with Crippen LogP contribution in [0.5, 0.6) is 0 Å². The van der Waals surface area contributed by atoms with Crippen molar-refractivity contribution in [2.24, 2.45) is 0 Å². The van der Waals surface area contributed by atoms with E-state index in [2.05, 4.69) is 20.6 Å². The third-order valence-electron chi connectivity index (χ3n) is 1.07. The van der Waals surface area contributed by atoms with Crippen molar-refractivity contribution < 1.29 is 9.53 Å². The van der Waals surface area contributed by atoms with E-state index in [1.54, 1.807) is 6.92 Å². The molecule has 1 N–H and O–H groups in total. The summed E-state index contributed by atoms with van der Waals surface area (Å²) in [6.45, 7) is 3.00. The predicted octanol–water partition coefficient (Wildman–Crippen LogP) is -0.176. The first kappa shape index (κ1) is 7.64. The van der Waals surface area contributed by atoms with Gasteiger partial charge in [0.25, 0.3) is 0 Å². The maximum Gasteiger partial charge on any atom is 0.303 e. The highest BCUT2D eigenvalue weighted by molar-refractivity contribution is 5.66. The molecule has 1 unspecified atom stereocenters. The van der Waals surface area contributed by atoms with Gasteiger partial charge in [-0.25, -0.2) is 0 Å². The second-order valence-electron chi connectivity index (χ2n) is 2.02. The fourth-order valence-electron chi connectivity index (χ4n) is 0.643. The monoisotopic (exact) mass is 156 g/mol. The Bertz CT molecular complexity index is 233. The van der Waals surface area contributed by atoms with Gasteiger partial charge < -0.3 is 4.74 Å². The van der Waals surface area contributed by atoms with E-state index in [-0.39, 0.29) is 5.97 Å². The number of nitrogens with zero attached hydrogens (tertiary/aromatic N) is 3. The Kier molecular flexibility index (Phi) is 2.15. The lowest BCUT2D eigenvalue weighted by Gasteiger charge is -2.05. The van der Waals surface area contributed by atoms with E-state index in [0.29, 0.717) is 5.82 Å². The summed E-state index contributed by atoms with van der Waals surface area (Å²) in [4.78, 5) is 10.4. The van der Waals surface area contributed by atoms with Crippen LogP contribution in [0.2, 0.25) is 0 Å². The number of aromatic amines is 1. The van der Waals surface area contributed by atoms with Crippen LogP contribution in [0.1, 0.15) is 25.8 Å². The lowest BCUT2D eigenvalue weighted by atomic mass is 10.4. The van der Waals surface area contributed by atoms with Crippen molar-refractivity contribution in [3.05, 3.63) is 5.82 Å². The number of rotatable bonds is 2. The molecule has 0 aliphatic carbocycles. The van der Waals surface area contributed by atoms with Crippen molar-refractivity contribution >= 4 is 5.97 Å². The maximum atomic E-state index is 10.4. The van der Waals surface area contributed by atoms with Gasteiger partial charge in [-0.3, -0.25) is 4.79 Å². The highest BCUT2D eigenvalue weighted by Gasteiger charge is 2.12. The van der Waals surface area contributed by atoms with E-state index in [1.807, 2.05) is 0 Å². The average molecular weight is 156 g/mol. The zero-order valence-electron chi connectivity index (χ0n) is 6.24. The molecule has 6 heteroatoms. The van der Waals surface area contributed by atoms with Crippen molar-refractivity contribution in [1.29, 1.82) is 0 Å². The number of nitrogens with one attached hydrogen (secondary N) is 1. The standard InChI is InChI=1S/C5H8N4O2/c1-3(11-4(2)10)5-6-8-9-7-5/h3H,1-2H3,(H,6,7,8,9). The third kappa shape index (κ3) is 1.99. The van der Waals surface area contributed by atoms with Gasteiger partial charge in [-0.05, 0) is 6.92 Å². The van der Waals surface area contributed by atoms with Gasteiger partial charge in [0.05, 0.1) is 0 Å². The first-order valence-electron chi connectivity index (χ1n) is 3.10. The molecule has 0 saturated heterocycles. The molecule has 1 aromatic rings. The van der Waals surface area contributed by atoms with Gasteiger partial charge in [-0.15, -0.1) is 10.2 Å². The summed E-state index contributed by atoms with van der Waals surface area (Å²) in [5, 5.41) is 12.9. The molecule has 0 aromatic carbocycles. The Balaban J connectivity index is 2.56. The molecule has 0 saturated carbocycles. The van der Waals surface area contributed by atoms with Gasteiger partial charge in [-0.1, -0.05) is 5.21 Å². The summed E-state index contributed by atoms with van der Waals surface area (Å²) in [5.74, 6) is 0.0162. The molecule has 60 valence electrons. The topological polar surface area (TPSA) is 80.8 Å². The van der Waals surface area contributed by atoms with Crippen LogP contribution in [0.3, 0.4) is 0 Å². The molecule has 0 radical (unpaired) electrons. The number of carbonyl (C=O) groups is 1. The van der Waals surface area contributed by atoms with Gasteiger partial charge in [0.1, 0.15) is 0 Å². The van der Waals surface area contributed by atoms with E-state index in [0.717, 1.165) is 0 Å². The highest BCUT2D eigenvalue weighted by Crippen LogP contribution is 2.08. The molecule has 0 aliphatic rings. The van der Waals surface area contributed by atoms with Crippen LogP contribution in [0.4, 0.5) is 0 Å². The molecule has 0 fully saturated rings. The number of H-pyrrole nitrogens is 1. The smallest absolute Gasteiger partial charge is 0.303 e. The van der Waals surface area contributed by atoms with E-state index >= 15 is 0 Å². The van der Waals surface area contributed by atoms with Crippen LogP contribution < -0.4 is 0 Å². The lowest BCUT2D eigenvalue weighted by molar-refractivity contribution is -0.146. The Labute approximate surface area is 62.9 Å². The maximum absolute atomic E-state index is 10.4. The molecule has 11 heavy (non-hydrogen) atoms. The first-order chi connectivity index (χ1) is 5.20. The van der Waals surface area contributed by atoms with Crippen LogP contribution >= 0.6 is 0 Å². The van der Waals surface area contributed by atoms with Crippen molar-refractivity contribution in [1.82, 2.24) is 20.6 Å². The number of ether oxygens (including phenoxy) is 1. The number of tetrazole rings is 1. The lowest BCUT2D eigenvalue weighted by Crippen LogP contribution is -2.06. The van der Waals surface area contributed by atoms with Crippen molar-refractivity contribution in [2.75, 3.05) is 0 Å². The molecule has 0 amide bonds. The van der Waals surface area contributed by atoms with Crippen LogP contribution in [-0.4, -0.2) is 26.6 Å². The average Bonchev–Trinajstić information content (AvgIpc) is 2.35. The quantitative estimate of drug-likeness (QED) is 0.601. The minimum Gasteiger partial charge on any atom is -0.454 e. The summed E-state index contributed by atoms with van der Waals surface area (Å²) < 4.78 is 4.77. The minimum absolute atomic E-state index is 0.359. The fourth-order valence-corrected chi connectivity index (χ4v) is 0.643. The Hall–Kier alpha value is -1.46. The predicted molar refractivity (Wildman–Crippen MR) is 34.4 cm³/mol. The van der Waals surface area contributed by atoms with Gasteiger partial charge in [0.2, 0.25) is 5.82 Å². The minimum atomic E-state index is -0.439. The number of esters is 1. The van der Waals surface area contributed by atoms with Gasteiger partial charge >= 0.3 is 5.97 Å². The number of carbonyl (C=O) groups excluding carboxylic acids is 1. The summed E-state index contributed by atoms with van der Waals surface area (Å²) in [6.07, 6.45) is -0.439. The van der Waals surface area contributed by atoms with Crippen LogP contribution in [0, 0.1) is 0 Å². The van der Waals surface area contributed by atoms with Gasteiger partial charge in [-0.2, -0.15) is 5.21 Å². The summed E-state index contributed by atoms with van der Waals surface area (Å²) >= 11 is 0. The Morgan fingerprint density at radius 1 is 1.73 bits per heavy atom. The molecule has 1 aromatic heterocycles. The van der Waals surface area contributed by atoms with Crippen molar-refractivity contribution in [3.63, 3.8) is 0 Å². The molecule has 0 bridgehead atoms. The Morgan fingerprint density at radius 3 is 2.91 bits per heavy atom. The summed E-state index contributed by atoms with van der Waals surface area (Å²) in [5.41, 5.74) is 0. The molecule has 1 heterocycles. The summed E-state index contributed by atoms with van der Waals surface area (Å²) in [7, 11) is 0. The van der Waals surface area contributed by atoms with Gasteiger partial charge in [0.15, 0.2) is 6.10 Å². The fraction of sp³-hybridized carbons (Fsp3) is 0.600. The van der Waals surface area contributed by atoms with E-state index in [9.17, 15) is 4.79 Å². The zero-order chi connectivity index (χ0) is 8.27.